The predicted octanol–water partition coefficient (Wildman–Crippen LogP) is 7.72. The molecule has 34 heavy (non-hydrogen) atoms. The molecule has 0 saturated carbocycles. The summed E-state index contributed by atoms with van der Waals surface area (Å²) in [5.74, 6) is 0.561. The zero-order valence-corrected chi connectivity index (χ0v) is 21.3. The third-order valence-electron chi connectivity index (χ3n) is 8.02. The fourth-order valence-electron chi connectivity index (χ4n) is 5.37. The maximum absolute atomic E-state index is 12.6. The number of hydrogen-bond donors (Lipinski definition) is 2. The number of benzene rings is 3. The van der Waals surface area contributed by atoms with Crippen LogP contribution in [0.1, 0.15) is 79.7 Å². The first kappa shape index (κ1) is 23.8. The van der Waals surface area contributed by atoms with Gasteiger partial charge in [0.25, 0.3) is 5.91 Å². The number of carbonyl (C=O) groups is 1. The van der Waals surface area contributed by atoms with Crippen molar-refractivity contribution in [3.63, 3.8) is 0 Å². The molecule has 0 spiro atoms. The summed E-state index contributed by atoms with van der Waals surface area (Å²) >= 11 is 0. The van der Waals surface area contributed by atoms with Gasteiger partial charge >= 0.3 is 0 Å². The van der Waals surface area contributed by atoms with Gasteiger partial charge in [-0.15, -0.1) is 0 Å². The van der Waals surface area contributed by atoms with Crippen molar-refractivity contribution in [3.05, 3.63) is 94.0 Å². The molecule has 0 aromatic heterocycles. The highest BCUT2D eigenvalue weighted by atomic mass is 16.3. The number of carbonyl (C=O) groups excluding carboxylic acids is 1. The molecule has 0 bridgehead atoms. The average Bonchev–Trinajstić information content (AvgIpc) is 2.92. The first-order valence-corrected chi connectivity index (χ1v) is 12.0. The smallest absolute Gasteiger partial charge is 0.255 e. The lowest BCUT2D eigenvalue weighted by Crippen LogP contribution is -2.30. The minimum Gasteiger partial charge on any atom is -0.508 e. The maximum Gasteiger partial charge on any atom is 0.255 e. The van der Waals surface area contributed by atoms with Crippen LogP contribution in [0.3, 0.4) is 0 Å². The molecular weight excluding hydrogens is 418 g/mol. The van der Waals surface area contributed by atoms with Crippen molar-refractivity contribution >= 4 is 23.2 Å². The van der Waals surface area contributed by atoms with E-state index in [0.29, 0.717) is 17.2 Å². The van der Waals surface area contributed by atoms with Gasteiger partial charge in [-0.3, -0.25) is 4.79 Å². The van der Waals surface area contributed by atoms with Gasteiger partial charge in [0.1, 0.15) is 5.75 Å². The van der Waals surface area contributed by atoms with Crippen molar-refractivity contribution in [1.82, 2.24) is 0 Å². The van der Waals surface area contributed by atoms with Gasteiger partial charge in [-0.1, -0.05) is 65.0 Å². The lowest BCUT2D eigenvalue weighted by molar-refractivity contribution is 0.102. The van der Waals surface area contributed by atoms with Crippen LogP contribution in [-0.4, -0.2) is 11.0 Å². The van der Waals surface area contributed by atoms with Crippen molar-refractivity contribution in [2.45, 2.75) is 59.3 Å². The third kappa shape index (κ3) is 4.16. The number of hydrogen-bond acceptors (Lipinski definition) is 2. The predicted molar refractivity (Wildman–Crippen MR) is 142 cm³/mol. The quantitative estimate of drug-likeness (QED) is 0.314. The zero-order valence-electron chi connectivity index (χ0n) is 21.3. The van der Waals surface area contributed by atoms with Crippen LogP contribution in [-0.2, 0) is 10.8 Å². The molecule has 2 N–H and O–H groups in total. The van der Waals surface area contributed by atoms with Crippen LogP contribution in [0, 0.1) is 12.8 Å². The van der Waals surface area contributed by atoms with Crippen LogP contribution < -0.4 is 5.32 Å². The molecule has 0 radical (unpaired) electrons. The van der Waals surface area contributed by atoms with Gasteiger partial charge in [-0.25, -0.2) is 0 Å². The van der Waals surface area contributed by atoms with E-state index in [1.54, 1.807) is 24.3 Å². The molecule has 3 aromatic carbocycles. The number of phenols is 1. The summed E-state index contributed by atoms with van der Waals surface area (Å²) in [7, 11) is 0. The second kappa shape index (κ2) is 8.47. The Kier molecular flexibility index (Phi) is 5.93. The molecule has 1 amide bonds. The third-order valence-corrected chi connectivity index (χ3v) is 8.02. The van der Waals surface area contributed by atoms with Gasteiger partial charge in [0.2, 0.25) is 0 Å². The largest absolute Gasteiger partial charge is 0.508 e. The normalized spacial score (nSPS) is 18.4. The molecule has 1 aliphatic carbocycles. The lowest BCUT2D eigenvalue weighted by Gasteiger charge is -2.32. The topological polar surface area (TPSA) is 49.3 Å². The molecule has 1 aliphatic rings. The van der Waals surface area contributed by atoms with Gasteiger partial charge in [-0.2, -0.15) is 0 Å². The van der Waals surface area contributed by atoms with E-state index < -0.39 is 0 Å². The Morgan fingerprint density at radius 2 is 1.47 bits per heavy atom. The molecule has 1 atom stereocenters. The molecule has 4 rings (SSSR count). The number of phenolic OH excluding ortho intramolecular Hbond substituents is 1. The molecule has 3 aromatic rings. The number of amides is 1. The van der Waals surface area contributed by atoms with Gasteiger partial charge in [0.15, 0.2) is 0 Å². The van der Waals surface area contributed by atoms with Crippen molar-refractivity contribution in [2.75, 3.05) is 5.32 Å². The molecule has 0 aliphatic heterocycles. The molecule has 3 nitrogen and oxygen atoms in total. The Morgan fingerprint density at radius 3 is 2.06 bits per heavy atom. The van der Waals surface area contributed by atoms with E-state index in [2.05, 4.69) is 72.0 Å². The number of nitrogens with one attached hydrogen (secondary N) is 1. The molecule has 0 fully saturated rings. The van der Waals surface area contributed by atoms with Crippen molar-refractivity contribution in [2.24, 2.45) is 5.92 Å². The van der Waals surface area contributed by atoms with E-state index in [9.17, 15) is 9.90 Å². The second-order valence-corrected chi connectivity index (χ2v) is 10.8. The monoisotopic (exact) mass is 453 g/mol. The molecule has 0 saturated heterocycles. The lowest BCUT2D eigenvalue weighted by atomic mass is 9.71. The number of fused-ring (bicyclic) bond motifs is 1. The SMILES string of the molecule is C/C(=C\c1ccc(C(=O)Nc2ccc(O)cc2)cc1)c1cc2c(cc1C)C(C)(C)C(C)C2(C)C. The highest BCUT2D eigenvalue weighted by Gasteiger charge is 2.48. The van der Waals surface area contributed by atoms with Gasteiger partial charge in [0, 0.05) is 11.3 Å². The molecular formula is C31H35NO2. The van der Waals surface area contributed by atoms with Crippen molar-refractivity contribution < 1.29 is 9.90 Å². The zero-order chi connectivity index (χ0) is 24.8. The van der Waals surface area contributed by atoms with E-state index in [-0.39, 0.29) is 22.5 Å². The summed E-state index contributed by atoms with van der Waals surface area (Å²) < 4.78 is 0. The highest BCUT2D eigenvalue weighted by molar-refractivity contribution is 6.04. The Balaban J connectivity index is 1.58. The van der Waals surface area contributed by atoms with Crippen LogP contribution in [0.25, 0.3) is 11.6 Å². The van der Waals surface area contributed by atoms with E-state index in [1.807, 2.05) is 24.3 Å². The molecule has 0 heterocycles. The summed E-state index contributed by atoms with van der Waals surface area (Å²) in [6.45, 7) is 16.2. The summed E-state index contributed by atoms with van der Waals surface area (Å²) in [5.41, 5.74) is 9.33. The molecule has 1 unspecified atom stereocenters. The van der Waals surface area contributed by atoms with E-state index in [1.165, 1.54) is 27.8 Å². The van der Waals surface area contributed by atoms with Crippen LogP contribution in [0.2, 0.25) is 0 Å². The summed E-state index contributed by atoms with van der Waals surface area (Å²) in [5, 5.41) is 12.3. The van der Waals surface area contributed by atoms with E-state index in [0.717, 1.165) is 5.56 Å². The summed E-state index contributed by atoms with van der Waals surface area (Å²) in [4.78, 5) is 12.6. The van der Waals surface area contributed by atoms with Crippen LogP contribution in [0.15, 0.2) is 60.7 Å². The van der Waals surface area contributed by atoms with Crippen LogP contribution in [0.5, 0.6) is 5.75 Å². The van der Waals surface area contributed by atoms with Gasteiger partial charge in [0.05, 0.1) is 0 Å². The highest BCUT2D eigenvalue weighted by Crippen LogP contribution is 2.54. The minimum atomic E-state index is -0.175. The fraction of sp³-hybridized carbons (Fsp3) is 0.323. The van der Waals surface area contributed by atoms with Crippen molar-refractivity contribution in [3.8, 4) is 5.75 Å². The van der Waals surface area contributed by atoms with Gasteiger partial charge in [-0.05, 0) is 100 Å². The standard InChI is InChI=1S/C31H35NO2/c1-19(26-18-28-27(17-20(26)2)30(4,5)21(3)31(28,6)7)16-22-8-10-23(11-9-22)29(34)32-24-12-14-25(33)15-13-24/h8-18,21,33H,1-7H3,(H,32,34)/b19-16+. The first-order chi connectivity index (χ1) is 15.9. The van der Waals surface area contributed by atoms with Crippen LogP contribution in [0.4, 0.5) is 5.69 Å². The fourth-order valence-corrected chi connectivity index (χ4v) is 5.37. The number of anilines is 1. The van der Waals surface area contributed by atoms with E-state index >= 15 is 0 Å². The Labute approximate surface area is 203 Å². The summed E-state index contributed by atoms with van der Waals surface area (Å²) in [6.07, 6.45) is 2.19. The Hall–Kier alpha value is -3.33. The molecule has 3 heteroatoms. The number of aryl methyl sites for hydroxylation is 1. The minimum absolute atomic E-state index is 0.133. The summed E-state index contributed by atoms with van der Waals surface area (Å²) in [6, 6.07) is 18.9. The number of aromatic hydroxyl groups is 1. The second-order valence-electron chi connectivity index (χ2n) is 10.8. The average molecular weight is 454 g/mol. The maximum atomic E-state index is 12.6. The van der Waals surface area contributed by atoms with E-state index in [4.69, 9.17) is 0 Å². The number of allylic oxidation sites excluding steroid dienone is 1. The van der Waals surface area contributed by atoms with Crippen molar-refractivity contribution in [1.29, 1.82) is 0 Å². The number of rotatable bonds is 4. The molecule has 176 valence electrons. The van der Waals surface area contributed by atoms with Gasteiger partial charge < -0.3 is 10.4 Å². The van der Waals surface area contributed by atoms with Crippen LogP contribution >= 0.6 is 0 Å². The Morgan fingerprint density at radius 1 is 0.912 bits per heavy atom. The first-order valence-electron chi connectivity index (χ1n) is 12.0. The Bertz CT molecular complexity index is 1260.